The lowest BCUT2D eigenvalue weighted by Gasteiger charge is -2.20. The molecule has 3 N–H and O–H groups in total. The Morgan fingerprint density at radius 3 is 1.09 bits per heavy atom. The number of unbranched alkanes of at least 4 members (excludes halogenated alkanes) is 43. The van der Waals surface area contributed by atoms with E-state index >= 15 is 0 Å². The van der Waals surface area contributed by atoms with Crippen molar-refractivity contribution < 1.29 is 24.5 Å². The summed E-state index contributed by atoms with van der Waals surface area (Å²) in [7, 11) is 0. The lowest BCUT2D eigenvalue weighted by Crippen LogP contribution is -2.45. The molecule has 0 aliphatic carbocycles. The fraction of sp³-hybridized carbons (Fsp3) is 0.902. The summed E-state index contributed by atoms with van der Waals surface area (Å²) in [6.07, 6.45) is 69.5. The Balaban J connectivity index is 3.32. The van der Waals surface area contributed by atoms with Gasteiger partial charge >= 0.3 is 5.97 Å². The van der Waals surface area contributed by atoms with E-state index in [4.69, 9.17) is 4.74 Å². The van der Waals surface area contributed by atoms with Crippen molar-refractivity contribution in [2.75, 3.05) is 13.2 Å². The molecule has 0 heterocycles. The topological polar surface area (TPSA) is 95.9 Å². The number of allylic oxidation sites excluding steroid dienone is 3. The van der Waals surface area contributed by atoms with Gasteiger partial charge in [-0.3, -0.25) is 9.59 Å². The van der Waals surface area contributed by atoms with Crippen LogP contribution in [0.4, 0.5) is 0 Å². The van der Waals surface area contributed by atoms with E-state index in [-0.39, 0.29) is 18.5 Å². The summed E-state index contributed by atoms with van der Waals surface area (Å²) < 4.78 is 5.47. The molecule has 2 atom stereocenters. The molecule has 0 saturated carbocycles. The minimum Gasteiger partial charge on any atom is -0.466 e. The smallest absolute Gasteiger partial charge is 0.305 e. The Kier molecular flexibility index (Phi) is 55.5. The first-order valence-electron chi connectivity index (χ1n) is 30.1. The first-order chi connectivity index (χ1) is 33.0. The van der Waals surface area contributed by atoms with E-state index in [1.165, 1.54) is 257 Å². The predicted molar refractivity (Wildman–Crippen MR) is 292 cm³/mol. The number of esters is 1. The molecule has 67 heavy (non-hydrogen) atoms. The van der Waals surface area contributed by atoms with Crippen LogP contribution >= 0.6 is 0 Å². The summed E-state index contributed by atoms with van der Waals surface area (Å²) in [5.74, 6) is -0.0575. The third kappa shape index (κ3) is 53.5. The first-order valence-corrected chi connectivity index (χ1v) is 30.1. The second kappa shape index (κ2) is 56.9. The fourth-order valence-electron chi connectivity index (χ4n) is 9.34. The van der Waals surface area contributed by atoms with Gasteiger partial charge in [0.1, 0.15) is 0 Å². The Bertz CT molecular complexity index is 1040. The van der Waals surface area contributed by atoms with Gasteiger partial charge in [0.05, 0.1) is 25.4 Å². The molecule has 0 fully saturated rings. The maximum Gasteiger partial charge on any atom is 0.305 e. The highest BCUT2D eigenvalue weighted by Crippen LogP contribution is 2.18. The summed E-state index contributed by atoms with van der Waals surface area (Å²) in [5, 5.41) is 22.9. The molecule has 0 bridgehead atoms. The number of ether oxygens (including phenoxy) is 1. The molecule has 6 heteroatoms. The van der Waals surface area contributed by atoms with Gasteiger partial charge in [0, 0.05) is 12.8 Å². The molecule has 0 aliphatic rings. The summed E-state index contributed by atoms with van der Waals surface area (Å²) in [4.78, 5) is 24.4. The molecule has 0 spiro atoms. The average Bonchev–Trinajstić information content (AvgIpc) is 3.33. The molecule has 2 unspecified atom stereocenters. The maximum absolute atomic E-state index is 12.4. The number of nitrogens with one attached hydrogen (secondary N) is 1. The number of hydrogen-bond acceptors (Lipinski definition) is 5. The monoisotopic (exact) mass is 944 g/mol. The molecule has 0 aromatic rings. The van der Waals surface area contributed by atoms with Gasteiger partial charge in [-0.2, -0.15) is 0 Å². The van der Waals surface area contributed by atoms with Crippen LogP contribution in [0.3, 0.4) is 0 Å². The van der Waals surface area contributed by atoms with Crippen molar-refractivity contribution in [3.05, 3.63) is 24.3 Å². The normalized spacial score (nSPS) is 12.7. The number of aliphatic hydroxyl groups excluding tert-OH is 2. The largest absolute Gasteiger partial charge is 0.466 e. The van der Waals surface area contributed by atoms with Gasteiger partial charge in [0.25, 0.3) is 0 Å². The predicted octanol–water partition coefficient (Wildman–Crippen LogP) is 18.6. The molecule has 0 aromatic heterocycles. The first kappa shape index (κ1) is 65.3. The number of carbonyl (C=O) groups is 2. The second-order valence-electron chi connectivity index (χ2n) is 20.7. The van der Waals surface area contributed by atoms with Crippen molar-refractivity contribution in [1.82, 2.24) is 5.32 Å². The Morgan fingerprint density at radius 1 is 0.403 bits per heavy atom. The minimum absolute atomic E-state index is 0.00890. The molecule has 0 rings (SSSR count). The lowest BCUT2D eigenvalue weighted by molar-refractivity contribution is -0.143. The van der Waals surface area contributed by atoms with Crippen LogP contribution in [0.2, 0.25) is 0 Å². The quantitative estimate of drug-likeness (QED) is 0.0321. The number of amides is 1. The minimum atomic E-state index is -0.839. The van der Waals surface area contributed by atoms with Gasteiger partial charge in [-0.15, -0.1) is 0 Å². The molecular formula is C61H117NO5. The molecule has 6 nitrogen and oxygen atoms in total. The number of carbonyl (C=O) groups excluding carboxylic acids is 2. The van der Waals surface area contributed by atoms with Crippen molar-refractivity contribution in [3.8, 4) is 0 Å². The zero-order valence-corrected chi connectivity index (χ0v) is 45.1. The molecule has 0 aromatic carbocycles. The molecule has 0 saturated heterocycles. The van der Waals surface area contributed by atoms with Crippen LogP contribution in [0.25, 0.3) is 0 Å². The summed E-state index contributed by atoms with van der Waals surface area (Å²) in [5.41, 5.74) is 0. The molecule has 396 valence electrons. The second-order valence-corrected chi connectivity index (χ2v) is 20.7. The van der Waals surface area contributed by atoms with Crippen molar-refractivity contribution in [1.29, 1.82) is 0 Å². The van der Waals surface area contributed by atoms with Crippen LogP contribution < -0.4 is 5.32 Å². The van der Waals surface area contributed by atoms with E-state index in [0.29, 0.717) is 19.4 Å². The molecule has 1 amide bonds. The van der Waals surface area contributed by atoms with Crippen LogP contribution in [0.1, 0.15) is 328 Å². The zero-order chi connectivity index (χ0) is 48.6. The van der Waals surface area contributed by atoms with Crippen LogP contribution in [0.5, 0.6) is 0 Å². The number of rotatable bonds is 56. The molecular weight excluding hydrogens is 827 g/mol. The van der Waals surface area contributed by atoms with Gasteiger partial charge in [-0.1, -0.05) is 282 Å². The average molecular weight is 945 g/mol. The standard InChI is InChI=1S/C61H117NO5/c1-3-5-7-9-11-13-14-35-39-43-47-51-55-61(66)67-56-52-48-44-40-36-33-31-29-27-25-23-21-19-17-15-16-18-20-22-24-26-28-30-32-34-38-42-46-50-54-60(65)62-58(57-63)59(64)53-49-45-41-37-12-10-8-6-4-2/h11,13,49,53,58-59,63-64H,3-10,12,14-48,50-52,54-57H2,1-2H3,(H,62,65)/b13-11-,53-49+. The van der Waals surface area contributed by atoms with Crippen molar-refractivity contribution in [3.63, 3.8) is 0 Å². The molecule has 0 radical (unpaired) electrons. The highest BCUT2D eigenvalue weighted by molar-refractivity contribution is 5.76. The van der Waals surface area contributed by atoms with Crippen molar-refractivity contribution in [2.24, 2.45) is 0 Å². The van der Waals surface area contributed by atoms with Gasteiger partial charge in [-0.25, -0.2) is 0 Å². The third-order valence-electron chi connectivity index (χ3n) is 14.0. The van der Waals surface area contributed by atoms with Gasteiger partial charge in [0.15, 0.2) is 0 Å². The van der Waals surface area contributed by atoms with Crippen molar-refractivity contribution in [2.45, 2.75) is 341 Å². The SMILES string of the molecule is CCCCC/C=C\CCCCCCCC(=O)OCCCCCCCCCCCCCCCCCCCCCCCCCCCCCCCC(=O)NC(CO)C(O)/C=C/CCCCCCCCC. The highest BCUT2D eigenvalue weighted by Gasteiger charge is 2.18. The van der Waals surface area contributed by atoms with E-state index < -0.39 is 12.1 Å². The van der Waals surface area contributed by atoms with E-state index in [1.807, 2.05) is 6.08 Å². The van der Waals surface area contributed by atoms with E-state index in [0.717, 1.165) is 44.9 Å². The zero-order valence-electron chi connectivity index (χ0n) is 45.1. The van der Waals surface area contributed by atoms with Gasteiger partial charge in [-0.05, 0) is 57.8 Å². The summed E-state index contributed by atoms with van der Waals surface area (Å²) in [6, 6.07) is -0.622. The molecule has 0 aliphatic heterocycles. The van der Waals surface area contributed by atoms with Crippen LogP contribution in [0, 0.1) is 0 Å². The van der Waals surface area contributed by atoms with E-state index in [2.05, 4.69) is 31.3 Å². The van der Waals surface area contributed by atoms with Gasteiger partial charge in [0.2, 0.25) is 5.91 Å². The van der Waals surface area contributed by atoms with Crippen LogP contribution in [-0.4, -0.2) is 47.4 Å². The number of hydrogen-bond donors (Lipinski definition) is 3. The lowest BCUT2D eigenvalue weighted by atomic mass is 10.0. The fourth-order valence-corrected chi connectivity index (χ4v) is 9.34. The Morgan fingerprint density at radius 2 is 0.701 bits per heavy atom. The van der Waals surface area contributed by atoms with Crippen molar-refractivity contribution >= 4 is 11.9 Å². The van der Waals surface area contributed by atoms with E-state index in [9.17, 15) is 19.8 Å². The third-order valence-corrected chi connectivity index (χ3v) is 14.0. The summed E-state index contributed by atoms with van der Waals surface area (Å²) >= 11 is 0. The van der Waals surface area contributed by atoms with Crippen LogP contribution in [-0.2, 0) is 14.3 Å². The maximum atomic E-state index is 12.4. The van der Waals surface area contributed by atoms with E-state index in [1.54, 1.807) is 6.08 Å². The van der Waals surface area contributed by atoms with Crippen LogP contribution in [0.15, 0.2) is 24.3 Å². The highest BCUT2D eigenvalue weighted by atomic mass is 16.5. The van der Waals surface area contributed by atoms with Gasteiger partial charge < -0.3 is 20.3 Å². The summed E-state index contributed by atoms with van der Waals surface area (Å²) in [6.45, 7) is 4.86. The number of aliphatic hydroxyl groups is 2. The Labute approximate surface area is 418 Å². The Hall–Kier alpha value is -1.66.